The van der Waals surface area contributed by atoms with Gasteiger partial charge >= 0.3 is 5.97 Å². The largest absolute Gasteiger partial charge is 0.489 e. The van der Waals surface area contributed by atoms with Gasteiger partial charge in [0.2, 0.25) is 5.88 Å². The minimum Gasteiger partial charge on any atom is -0.489 e. The van der Waals surface area contributed by atoms with Gasteiger partial charge in [-0.3, -0.25) is 0 Å². The van der Waals surface area contributed by atoms with E-state index < -0.39 is 11.9 Å². The van der Waals surface area contributed by atoms with Gasteiger partial charge in [0.05, 0.1) is 5.92 Å². The number of rotatable bonds is 7. The molecule has 0 saturated heterocycles. The Morgan fingerprint density at radius 2 is 1.83 bits per heavy atom. The van der Waals surface area contributed by atoms with Crippen LogP contribution in [-0.2, 0) is 11.4 Å². The molecular weight excluding hydrogens is 566 g/mol. The third-order valence-electron chi connectivity index (χ3n) is 6.28. The van der Waals surface area contributed by atoms with Gasteiger partial charge in [-0.25, -0.2) is 9.18 Å². The molecule has 1 aliphatic heterocycles. The number of hydrogen-bond donors (Lipinski definition) is 1. The number of benzene rings is 4. The van der Waals surface area contributed by atoms with Crippen LogP contribution in [0.25, 0.3) is 6.08 Å². The molecule has 204 valence electrons. The predicted octanol–water partition coefficient (Wildman–Crippen LogP) is 7.55. The number of carbonyl (C=O) groups excluding carboxylic acids is 1. The molecule has 4 aromatic carbocycles. The molecule has 1 unspecified atom stereocenters. The Hall–Kier alpha value is -4.77. The van der Waals surface area contributed by atoms with Gasteiger partial charge in [0, 0.05) is 27.8 Å². The van der Waals surface area contributed by atoms with Crippen LogP contribution in [0.1, 0.15) is 28.2 Å². The summed E-state index contributed by atoms with van der Waals surface area (Å²) in [5.74, 6) is -0.412. The molecule has 1 atom stereocenters. The molecule has 41 heavy (non-hydrogen) atoms. The number of ether oxygens (including phenoxy) is 3. The molecule has 0 saturated carbocycles. The zero-order chi connectivity index (χ0) is 28.9. The highest BCUT2D eigenvalue weighted by molar-refractivity contribution is 6.35. The van der Waals surface area contributed by atoms with Crippen LogP contribution in [0.15, 0.2) is 102 Å². The van der Waals surface area contributed by atoms with Gasteiger partial charge in [-0.2, -0.15) is 5.26 Å². The lowest BCUT2D eigenvalue weighted by atomic mass is 9.83. The summed E-state index contributed by atoms with van der Waals surface area (Å²) < 4.78 is 30.3. The first kappa shape index (κ1) is 27.8. The van der Waals surface area contributed by atoms with Gasteiger partial charge in [-0.1, -0.05) is 59.6 Å². The Morgan fingerprint density at radius 1 is 1.02 bits per heavy atom. The number of esters is 1. The molecule has 0 aliphatic carbocycles. The smallest absolute Gasteiger partial charge is 0.336 e. The summed E-state index contributed by atoms with van der Waals surface area (Å²) in [5.41, 5.74) is 9.20. The van der Waals surface area contributed by atoms with Crippen molar-refractivity contribution in [2.75, 3.05) is 0 Å². The van der Waals surface area contributed by atoms with Gasteiger partial charge in [-0.05, 0) is 65.2 Å². The van der Waals surface area contributed by atoms with Crippen LogP contribution in [0.3, 0.4) is 0 Å². The fourth-order valence-electron chi connectivity index (χ4n) is 4.32. The normalized spacial score (nSPS) is 14.2. The molecule has 4 aromatic rings. The van der Waals surface area contributed by atoms with Gasteiger partial charge in [0.15, 0.2) is 0 Å². The maximum absolute atomic E-state index is 13.2. The first-order chi connectivity index (χ1) is 19.8. The Bertz CT molecular complexity index is 1730. The molecule has 1 aliphatic rings. The van der Waals surface area contributed by atoms with E-state index in [0.29, 0.717) is 32.7 Å². The van der Waals surface area contributed by atoms with Crippen LogP contribution >= 0.6 is 23.2 Å². The fourth-order valence-corrected chi connectivity index (χ4v) is 4.79. The minimum absolute atomic E-state index is 0.0524. The molecule has 0 amide bonds. The van der Waals surface area contributed by atoms with Crippen LogP contribution in [0, 0.1) is 17.1 Å². The second-order valence-electron chi connectivity index (χ2n) is 9.03. The molecule has 0 bridgehead atoms. The number of nitrogens with two attached hydrogens (primary N) is 1. The summed E-state index contributed by atoms with van der Waals surface area (Å²) in [5, 5.41) is 10.8. The van der Waals surface area contributed by atoms with Gasteiger partial charge < -0.3 is 19.9 Å². The van der Waals surface area contributed by atoms with E-state index in [-0.39, 0.29) is 29.6 Å². The van der Waals surface area contributed by atoms with Crippen molar-refractivity contribution in [3.05, 3.63) is 141 Å². The predicted molar refractivity (Wildman–Crippen MR) is 154 cm³/mol. The van der Waals surface area contributed by atoms with Gasteiger partial charge in [0.1, 0.15) is 41.3 Å². The molecule has 9 heteroatoms. The number of carbonyl (C=O) groups is 1. The molecular formula is C32H21Cl2FN2O4. The topological polar surface area (TPSA) is 94.6 Å². The molecule has 2 N–H and O–H groups in total. The first-order valence-corrected chi connectivity index (χ1v) is 13.1. The maximum atomic E-state index is 13.2. The number of hydrogen-bond acceptors (Lipinski definition) is 6. The van der Waals surface area contributed by atoms with E-state index in [1.807, 2.05) is 18.2 Å². The number of halogens is 3. The quantitative estimate of drug-likeness (QED) is 0.136. The molecule has 6 nitrogen and oxygen atoms in total. The monoisotopic (exact) mass is 586 g/mol. The van der Waals surface area contributed by atoms with Crippen molar-refractivity contribution in [2.24, 2.45) is 5.73 Å². The van der Waals surface area contributed by atoms with Crippen molar-refractivity contribution in [1.82, 2.24) is 0 Å². The Labute approximate surface area is 245 Å². The molecule has 0 spiro atoms. The van der Waals surface area contributed by atoms with Crippen molar-refractivity contribution in [1.29, 1.82) is 5.26 Å². The molecule has 0 radical (unpaired) electrons. The second kappa shape index (κ2) is 12.2. The first-order valence-electron chi connectivity index (χ1n) is 12.3. The molecule has 1 heterocycles. The van der Waals surface area contributed by atoms with Crippen molar-refractivity contribution < 1.29 is 23.4 Å². The molecule has 0 aromatic heterocycles. The number of fused-ring (bicyclic) bond motifs is 1. The number of allylic oxidation sites excluding steroid dienone is 1. The van der Waals surface area contributed by atoms with E-state index in [9.17, 15) is 14.4 Å². The SMILES string of the molecule is N#CC1=C(N)Oc2cc(OC(=O)/C=C/c3ccc(Cl)cc3Cl)ccc2C1c1cccc(OCc2ccc(F)cc2)c1. The van der Waals surface area contributed by atoms with E-state index in [2.05, 4.69) is 6.07 Å². The standard InChI is InChI=1S/C32H21Cl2FN2O4/c33-22-8-6-20(28(34)15-22)7-13-30(38)40-25-11-12-26-29(16-25)41-32(37)27(17-36)31(26)21-2-1-3-24(14-21)39-18-19-4-9-23(35)10-5-19/h1-16,31H,18,37H2/b13-7+. The second-order valence-corrected chi connectivity index (χ2v) is 9.88. The summed E-state index contributed by atoms with van der Waals surface area (Å²) in [6.45, 7) is 0.241. The average Bonchev–Trinajstić information content (AvgIpc) is 2.96. The van der Waals surface area contributed by atoms with Crippen molar-refractivity contribution in [3.63, 3.8) is 0 Å². The molecule has 5 rings (SSSR count). The van der Waals surface area contributed by atoms with Gasteiger partial charge in [-0.15, -0.1) is 0 Å². The lowest BCUT2D eigenvalue weighted by Gasteiger charge is -2.27. The molecule has 0 fully saturated rings. The van der Waals surface area contributed by atoms with Gasteiger partial charge in [0.25, 0.3) is 0 Å². The van der Waals surface area contributed by atoms with E-state index in [0.717, 1.165) is 11.1 Å². The van der Waals surface area contributed by atoms with E-state index in [1.165, 1.54) is 24.3 Å². The lowest BCUT2D eigenvalue weighted by Crippen LogP contribution is -2.21. The Balaban J connectivity index is 1.36. The van der Waals surface area contributed by atoms with Crippen molar-refractivity contribution in [3.8, 4) is 23.3 Å². The summed E-state index contributed by atoms with van der Waals surface area (Å²) >= 11 is 12.1. The van der Waals surface area contributed by atoms with E-state index in [1.54, 1.807) is 54.6 Å². The zero-order valence-corrected chi connectivity index (χ0v) is 22.8. The zero-order valence-electron chi connectivity index (χ0n) is 21.3. The summed E-state index contributed by atoms with van der Waals surface area (Å²) in [7, 11) is 0. The minimum atomic E-state index is -0.629. The third kappa shape index (κ3) is 6.52. The Morgan fingerprint density at radius 3 is 2.59 bits per heavy atom. The van der Waals surface area contributed by atoms with E-state index in [4.69, 9.17) is 43.1 Å². The van der Waals surface area contributed by atoms with Crippen LogP contribution in [0.2, 0.25) is 10.0 Å². The van der Waals surface area contributed by atoms with Crippen LogP contribution in [0.4, 0.5) is 4.39 Å². The van der Waals surface area contributed by atoms with Crippen molar-refractivity contribution >= 4 is 35.2 Å². The third-order valence-corrected chi connectivity index (χ3v) is 6.84. The van der Waals surface area contributed by atoms with Crippen molar-refractivity contribution in [2.45, 2.75) is 12.5 Å². The summed E-state index contributed by atoms with van der Waals surface area (Å²) in [4.78, 5) is 12.5. The van der Waals surface area contributed by atoms with Crippen LogP contribution < -0.4 is 19.9 Å². The average molecular weight is 587 g/mol. The maximum Gasteiger partial charge on any atom is 0.336 e. The highest BCUT2D eigenvalue weighted by Crippen LogP contribution is 2.44. The fraction of sp³-hybridized carbons (Fsp3) is 0.0625. The highest BCUT2D eigenvalue weighted by Gasteiger charge is 2.31. The number of nitriles is 1. The lowest BCUT2D eigenvalue weighted by molar-refractivity contribution is -0.128. The van der Waals surface area contributed by atoms with Crippen LogP contribution in [-0.4, -0.2) is 5.97 Å². The Kier molecular flexibility index (Phi) is 8.25. The van der Waals surface area contributed by atoms with Crippen LogP contribution in [0.5, 0.6) is 17.2 Å². The summed E-state index contributed by atoms with van der Waals surface area (Å²) in [6.07, 6.45) is 2.77. The summed E-state index contributed by atoms with van der Waals surface area (Å²) in [6, 6.07) is 25.3. The number of nitrogens with zero attached hydrogens (tertiary/aromatic N) is 1. The van der Waals surface area contributed by atoms with E-state index >= 15 is 0 Å². The highest BCUT2D eigenvalue weighted by atomic mass is 35.5.